The number of furan rings is 1. The fourth-order valence-corrected chi connectivity index (χ4v) is 3.21. The van der Waals surface area contributed by atoms with Gasteiger partial charge in [-0.15, -0.1) is 0 Å². The van der Waals surface area contributed by atoms with Crippen molar-refractivity contribution in [3.8, 4) is 0 Å². The van der Waals surface area contributed by atoms with Crippen LogP contribution >= 0.6 is 12.2 Å². The van der Waals surface area contributed by atoms with Crippen LogP contribution in [0.15, 0.2) is 10.5 Å². The molecule has 6 heteroatoms. The first kappa shape index (κ1) is 16.0. The first-order chi connectivity index (χ1) is 9.93. The number of carbonyl (C=O) groups excluding carboxylic acids is 1. The number of nitrogens with two attached hydrogens (primary N) is 1. The molecular formula is C15H23N3O2S. The second kappa shape index (κ2) is 6.58. The minimum absolute atomic E-state index is 0.0485. The van der Waals surface area contributed by atoms with Crippen molar-refractivity contribution in [2.24, 2.45) is 5.73 Å². The van der Waals surface area contributed by atoms with Crippen molar-refractivity contribution < 1.29 is 9.21 Å². The highest BCUT2D eigenvalue weighted by Crippen LogP contribution is 2.18. The van der Waals surface area contributed by atoms with E-state index < -0.39 is 0 Å². The van der Waals surface area contributed by atoms with E-state index in [0.717, 1.165) is 25.3 Å². The second-order valence-electron chi connectivity index (χ2n) is 5.48. The molecule has 0 bridgehead atoms. The maximum Gasteiger partial charge on any atom is 0.257 e. The van der Waals surface area contributed by atoms with Gasteiger partial charge in [0.25, 0.3) is 5.91 Å². The Morgan fingerprint density at radius 2 is 2.00 bits per heavy atom. The summed E-state index contributed by atoms with van der Waals surface area (Å²) in [6.45, 7) is 8.77. The summed E-state index contributed by atoms with van der Waals surface area (Å²) in [7, 11) is 0. The minimum Gasteiger partial charge on any atom is -0.466 e. The summed E-state index contributed by atoms with van der Waals surface area (Å²) >= 11 is 5.12. The van der Waals surface area contributed by atoms with Crippen molar-refractivity contribution >= 4 is 23.1 Å². The van der Waals surface area contributed by atoms with Gasteiger partial charge in [-0.3, -0.25) is 9.69 Å². The molecular weight excluding hydrogens is 286 g/mol. The van der Waals surface area contributed by atoms with Crippen molar-refractivity contribution in [1.82, 2.24) is 9.80 Å². The smallest absolute Gasteiger partial charge is 0.257 e. The van der Waals surface area contributed by atoms with Crippen LogP contribution < -0.4 is 5.73 Å². The molecule has 1 aromatic heterocycles. The number of amides is 1. The number of thiocarbonyl (C=S) groups is 1. The Bertz CT molecular complexity index is 533. The first-order valence-corrected chi connectivity index (χ1v) is 7.74. The lowest BCUT2D eigenvalue weighted by Gasteiger charge is -2.38. The predicted molar refractivity (Wildman–Crippen MR) is 86.5 cm³/mol. The SMILES string of the molecule is CCC(C(N)=S)N1CCN(C(=O)c2cc(C)oc2C)CC1. The number of carbonyl (C=O) groups is 1. The van der Waals surface area contributed by atoms with Gasteiger partial charge in [-0.1, -0.05) is 19.1 Å². The molecule has 0 radical (unpaired) electrons. The quantitative estimate of drug-likeness (QED) is 0.858. The fourth-order valence-electron chi connectivity index (χ4n) is 2.89. The van der Waals surface area contributed by atoms with E-state index in [1.54, 1.807) is 0 Å². The largest absolute Gasteiger partial charge is 0.466 e. The van der Waals surface area contributed by atoms with Gasteiger partial charge in [0.2, 0.25) is 0 Å². The highest BCUT2D eigenvalue weighted by molar-refractivity contribution is 7.80. The van der Waals surface area contributed by atoms with Crippen LogP contribution in [0.5, 0.6) is 0 Å². The topological polar surface area (TPSA) is 62.7 Å². The third kappa shape index (κ3) is 3.44. The number of aryl methyl sites for hydroxylation is 2. The van der Waals surface area contributed by atoms with E-state index in [0.29, 0.717) is 29.4 Å². The van der Waals surface area contributed by atoms with Crippen molar-refractivity contribution in [3.05, 3.63) is 23.2 Å². The van der Waals surface area contributed by atoms with Gasteiger partial charge in [0, 0.05) is 26.2 Å². The number of rotatable bonds is 4. The summed E-state index contributed by atoms with van der Waals surface area (Å²) < 4.78 is 5.44. The fraction of sp³-hybridized carbons (Fsp3) is 0.600. The van der Waals surface area contributed by atoms with E-state index in [-0.39, 0.29) is 11.9 Å². The van der Waals surface area contributed by atoms with Gasteiger partial charge in [-0.2, -0.15) is 0 Å². The molecule has 2 N–H and O–H groups in total. The molecule has 0 spiro atoms. The zero-order valence-corrected chi connectivity index (χ0v) is 13.7. The number of hydrogen-bond donors (Lipinski definition) is 1. The monoisotopic (exact) mass is 309 g/mol. The van der Waals surface area contributed by atoms with Crippen LogP contribution in [-0.4, -0.2) is 52.9 Å². The van der Waals surface area contributed by atoms with Crippen LogP contribution in [0.25, 0.3) is 0 Å². The van der Waals surface area contributed by atoms with E-state index in [1.165, 1.54) is 0 Å². The van der Waals surface area contributed by atoms with E-state index >= 15 is 0 Å². The summed E-state index contributed by atoms with van der Waals surface area (Å²) in [5.41, 5.74) is 6.45. The Hall–Kier alpha value is -1.40. The van der Waals surface area contributed by atoms with Crippen LogP contribution in [0, 0.1) is 13.8 Å². The molecule has 1 aliphatic rings. The van der Waals surface area contributed by atoms with E-state index in [2.05, 4.69) is 11.8 Å². The maximum absolute atomic E-state index is 12.5. The number of piperazine rings is 1. The zero-order chi connectivity index (χ0) is 15.6. The van der Waals surface area contributed by atoms with Crippen molar-refractivity contribution in [3.63, 3.8) is 0 Å². The second-order valence-corrected chi connectivity index (χ2v) is 5.95. The molecule has 0 saturated carbocycles. The van der Waals surface area contributed by atoms with Gasteiger partial charge in [-0.25, -0.2) is 0 Å². The van der Waals surface area contributed by atoms with Crippen LogP contribution in [0.4, 0.5) is 0 Å². The van der Waals surface area contributed by atoms with Gasteiger partial charge >= 0.3 is 0 Å². The van der Waals surface area contributed by atoms with E-state index in [9.17, 15) is 4.79 Å². The molecule has 1 aliphatic heterocycles. The average Bonchev–Trinajstić information content (AvgIpc) is 2.78. The summed E-state index contributed by atoms with van der Waals surface area (Å²) in [6.07, 6.45) is 0.906. The molecule has 1 unspecified atom stereocenters. The molecule has 1 amide bonds. The first-order valence-electron chi connectivity index (χ1n) is 7.33. The average molecular weight is 309 g/mol. The van der Waals surface area contributed by atoms with Crippen LogP contribution in [-0.2, 0) is 0 Å². The predicted octanol–water partition coefficient (Wildman–Crippen LogP) is 1.72. The Balaban J connectivity index is 1.99. The summed E-state index contributed by atoms with van der Waals surface area (Å²) in [4.78, 5) is 17.2. The van der Waals surface area contributed by atoms with Crippen molar-refractivity contribution in [1.29, 1.82) is 0 Å². The maximum atomic E-state index is 12.5. The lowest BCUT2D eigenvalue weighted by Crippen LogP contribution is -2.54. The lowest BCUT2D eigenvalue weighted by atomic mass is 10.1. The Morgan fingerprint density at radius 1 is 1.38 bits per heavy atom. The Kier molecular flexibility index (Phi) is 5.00. The molecule has 0 aliphatic carbocycles. The molecule has 1 atom stereocenters. The lowest BCUT2D eigenvalue weighted by molar-refractivity contribution is 0.0610. The molecule has 1 fully saturated rings. The third-order valence-electron chi connectivity index (χ3n) is 4.03. The van der Waals surface area contributed by atoms with E-state index in [4.69, 9.17) is 22.4 Å². The number of nitrogens with zero attached hydrogens (tertiary/aromatic N) is 2. The Morgan fingerprint density at radius 3 is 2.43 bits per heavy atom. The minimum atomic E-state index is 0.0485. The number of hydrogen-bond acceptors (Lipinski definition) is 4. The van der Waals surface area contributed by atoms with Gasteiger partial charge < -0.3 is 15.1 Å². The summed E-state index contributed by atoms with van der Waals surface area (Å²) in [6, 6.07) is 1.95. The van der Waals surface area contributed by atoms with Gasteiger partial charge in [-0.05, 0) is 26.3 Å². The van der Waals surface area contributed by atoms with Gasteiger partial charge in [0.05, 0.1) is 16.6 Å². The van der Waals surface area contributed by atoms with E-state index in [1.807, 2.05) is 24.8 Å². The van der Waals surface area contributed by atoms with Crippen LogP contribution in [0.1, 0.15) is 35.2 Å². The molecule has 21 heavy (non-hydrogen) atoms. The standard InChI is InChI=1S/C15H23N3O2S/c1-4-13(14(16)21)17-5-7-18(8-6-17)15(19)12-9-10(2)20-11(12)3/h9,13H,4-8H2,1-3H3,(H2,16,21). The summed E-state index contributed by atoms with van der Waals surface area (Å²) in [5.74, 6) is 1.51. The molecule has 0 aromatic carbocycles. The highest BCUT2D eigenvalue weighted by atomic mass is 32.1. The van der Waals surface area contributed by atoms with Gasteiger partial charge in [0.1, 0.15) is 11.5 Å². The van der Waals surface area contributed by atoms with Crippen molar-refractivity contribution in [2.45, 2.75) is 33.2 Å². The molecule has 2 heterocycles. The Labute approximate surface area is 131 Å². The van der Waals surface area contributed by atoms with Gasteiger partial charge in [0.15, 0.2) is 0 Å². The van der Waals surface area contributed by atoms with Crippen molar-refractivity contribution in [2.75, 3.05) is 26.2 Å². The molecule has 1 saturated heterocycles. The highest BCUT2D eigenvalue weighted by Gasteiger charge is 2.28. The molecule has 116 valence electrons. The third-order valence-corrected chi connectivity index (χ3v) is 4.30. The molecule has 2 rings (SSSR count). The normalized spacial score (nSPS) is 17.8. The molecule has 1 aromatic rings. The zero-order valence-electron chi connectivity index (χ0n) is 12.9. The van der Waals surface area contributed by atoms with Crippen LogP contribution in [0.3, 0.4) is 0 Å². The van der Waals surface area contributed by atoms with Crippen LogP contribution in [0.2, 0.25) is 0 Å². The molecule has 5 nitrogen and oxygen atoms in total. The summed E-state index contributed by atoms with van der Waals surface area (Å²) in [5, 5.41) is 0.